The first-order valence-corrected chi connectivity index (χ1v) is 9.32. The second kappa shape index (κ2) is 8.24. The number of carbonyl (C=O) groups is 1. The van der Waals surface area contributed by atoms with E-state index < -0.39 is 54.4 Å². The smallest absolute Gasteiger partial charge is 0.187 e. The lowest BCUT2D eigenvalue weighted by Gasteiger charge is -2.48. The van der Waals surface area contributed by atoms with E-state index in [0.29, 0.717) is 6.42 Å². The molecule has 0 radical (unpaired) electrons. The fourth-order valence-corrected chi connectivity index (χ4v) is 3.98. The van der Waals surface area contributed by atoms with Crippen molar-refractivity contribution in [3.8, 4) is 0 Å². The van der Waals surface area contributed by atoms with Crippen LogP contribution in [0.4, 0.5) is 0 Å². The number of Topliss-reactive ketones (excluding diaryl/α,β-unsaturated/α-hetero) is 1. The number of hydrogen-bond donors (Lipinski definition) is 5. The maximum Gasteiger partial charge on any atom is 0.187 e. The van der Waals surface area contributed by atoms with E-state index in [-0.39, 0.29) is 18.1 Å². The molecule has 8 nitrogen and oxygen atoms in total. The Morgan fingerprint density at radius 3 is 2.44 bits per heavy atom. The van der Waals surface area contributed by atoms with Crippen LogP contribution in [0.15, 0.2) is 12.2 Å². The average Bonchev–Trinajstić information content (AvgIpc) is 2.58. The summed E-state index contributed by atoms with van der Waals surface area (Å²) in [6, 6.07) is 0. The van der Waals surface area contributed by atoms with Crippen LogP contribution in [0.1, 0.15) is 40.5 Å². The monoisotopic (exact) mass is 388 g/mol. The molecule has 27 heavy (non-hydrogen) atoms. The minimum atomic E-state index is -1.51. The van der Waals surface area contributed by atoms with Crippen molar-refractivity contribution in [2.24, 2.45) is 11.3 Å². The highest BCUT2D eigenvalue weighted by molar-refractivity contribution is 5.81. The van der Waals surface area contributed by atoms with Crippen LogP contribution in [0, 0.1) is 11.3 Å². The van der Waals surface area contributed by atoms with Crippen molar-refractivity contribution in [2.45, 2.75) is 82.9 Å². The number of ketones is 1. The molecule has 8 atom stereocenters. The van der Waals surface area contributed by atoms with Gasteiger partial charge in [-0.2, -0.15) is 0 Å². The second-order valence-corrected chi connectivity index (χ2v) is 8.43. The third kappa shape index (κ3) is 4.42. The van der Waals surface area contributed by atoms with Gasteiger partial charge in [0.1, 0.15) is 30.2 Å². The number of ether oxygens (including phenoxy) is 2. The lowest BCUT2D eigenvalue weighted by molar-refractivity contribution is -0.306. The Kier molecular flexibility index (Phi) is 6.85. The van der Waals surface area contributed by atoms with E-state index in [0.717, 1.165) is 0 Å². The lowest BCUT2D eigenvalue weighted by atomic mass is 9.60. The van der Waals surface area contributed by atoms with Gasteiger partial charge in [-0.1, -0.05) is 32.9 Å². The largest absolute Gasteiger partial charge is 0.394 e. The van der Waals surface area contributed by atoms with E-state index in [1.165, 1.54) is 0 Å². The van der Waals surface area contributed by atoms with Crippen molar-refractivity contribution in [1.29, 1.82) is 0 Å². The first-order valence-electron chi connectivity index (χ1n) is 9.32. The standard InChI is InChI=1S/C19H32O8/c1-10-7-12(21)8-18(3,4)19(10,25)6-5-11(2)26-17-16(24)15(23)14(22)13(9-20)27-17/h5-6,10-11,13-17,20,22-25H,7-9H2,1-4H3/b6-5+/t10-,11+,13-,14-,15+,16-,17-,19+/m0/s1. The van der Waals surface area contributed by atoms with Crippen LogP contribution >= 0.6 is 0 Å². The minimum absolute atomic E-state index is 0.121. The first kappa shape index (κ1) is 22.4. The van der Waals surface area contributed by atoms with Crippen molar-refractivity contribution >= 4 is 5.78 Å². The Hall–Kier alpha value is -0.870. The molecule has 2 fully saturated rings. The van der Waals surface area contributed by atoms with Crippen LogP contribution in [0.3, 0.4) is 0 Å². The van der Waals surface area contributed by atoms with Crippen molar-refractivity contribution in [2.75, 3.05) is 6.61 Å². The van der Waals surface area contributed by atoms with E-state index in [9.17, 15) is 30.3 Å². The number of hydrogen-bond acceptors (Lipinski definition) is 8. The van der Waals surface area contributed by atoms with Crippen LogP contribution in [-0.2, 0) is 14.3 Å². The summed E-state index contributed by atoms with van der Waals surface area (Å²) in [6.45, 7) is 6.65. The molecule has 1 saturated heterocycles. The van der Waals surface area contributed by atoms with Crippen LogP contribution in [-0.4, -0.2) is 80.3 Å². The highest BCUT2D eigenvalue weighted by atomic mass is 16.7. The molecule has 0 aromatic heterocycles. The molecule has 8 heteroatoms. The van der Waals surface area contributed by atoms with Gasteiger partial charge in [-0.15, -0.1) is 0 Å². The summed E-state index contributed by atoms with van der Waals surface area (Å²) in [5.74, 6) is -0.138. The Morgan fingerprint density at radius 1 is 1.26 bits per heavy atom. The molecule has 1 aliphatic heterocycles. The van der Waals surface area contributed by atoms with Gasteiger partial charge in [0, 0.05) is 18.3 Å². The third-order valence-electron chi connectivity index (χ3n) is 5.83. The Bertz CT molecular complexity index is 560. The van der Waals surface area contributed by atoms with E-state index in [1.807, 2.05) is 20.8 Å². The number of aliphatic hydroxyl groups is 5. The fourth-order valence-electron chi connectivity index (χ4n) is 3.98. The molecular weight excluding hydrogens is 356 g/mol. The lowest BCUT2D eigenvalue weighted by Crippen LogP contribution is -2.59. The molecule has 2 aliphatic rings. The zero-order valence-corrected chi connectivity index (χ0v) is 16.3. The zero-order valence-electron chi connectivity index (χ0n) is 16.3. The molecule has 1 aliphatic carbocycles. The Labute approximate surface area is 159 Å². The van der Waals surface area contributed by atoms with Gasteiger partial charge in [-0.25, -0.2) is 0 Å². The van der Waals surface area contributed by atoms with E-state index in [2.05, 4.69) is 0 Å². The summed E-state index contributed by atoms with van der Waals surface area (Å²) in [5, 5.41) is 50.1. The normalized spacial score (nSPS) is 43.8. The van der Waals surface area contributed by atoms with Crippen LogP contribution in [0.25, 0.3) is 0 Å². The Balaban J connectivity index is 2.08. The zero-order chi connectivity index (χ0) is 20.6. The van der Waals surface area contributed by atoms with Crippen molar-refractivity contribution in [1.82, 2.24) is 0 Å². The molecule has 0 aromatic carbocycles. The van der Waals surface area contributed by atoms with E-state index in [1.54, 1.807) is 19.1 Å². The second-order valence-electron chi connectivity index (χ2n) is 8.43. The molecule has 1 saturated carbocycles. The molecule has 156 valence electrons. The molecule has 0 unspecified atom stereocenters. The topological polar surface area (TPSA) is 137 Å². The summed E-state index contributed by atoms with van der Waals surface area (Å²) in [7, 11) is 0. The van der Waals surface area contributed by atoms with Gasteiger partial charge in [0.25, 0.3) is 0 Å². The van der Waals surface area contributed by atoms with Crippen LogP contribution < -0.4 is 0 Å². The predicted octanol–water partition coefficient (Wildman–Crippen LogP) is -0.496. The summed E-state index contributed by atoms with van der Waals surface area (Å²) in [6.07, 6.45) is -3.51. The molecule has 0 amide bonds. The maximum atomic E-state index is 11.9. The SMILES string of the molecule is C[C@H](/C=C/[C@@]1(O)[C@@H](C)CC(=O)CC1(C)C)O[C@H]1O[C@@H](CO)[C@H](O)[C@@H](O)[C@@H]1O. The molecule has 0 aromatic rings. The maximum absolute atomic E-state index is 11.9. The summed E-state index contributed by atoms with van der Waals surface area (Å²) < 4.78 is 10.9. The van der Waals surface area contributed by atoms with Crippen molar-refractivity contribution in [3.05, 3.63) is 12.2 Å². The van der Waals surface area contributed by atoms with Gasteiger partial charge in [0.05, 0.1) is 18.3 Å². The van der Waals surface area contributed by atoms with Crippen LogP contribution in [0.5, 0.6) is 0 Å². The minimum Gasteiger partial charge on any atom is -0.394 e. The third-order valence-corrected chi connectivity index (χ3v) is 5.83. The number of aliphatic hydroxyl groups excluding tert-OH is 4. The van der Waals surface area contributed by atoms with Gasteiger partial charge in [0.15, 0.2) is 6.29 Å². The quantitative estimate of drug-likeness (QED) is 0.398. The molecule has 2 rings (SSSR count). The number of rotatable bonds is 5. The van der Waals surface area contributed by atoms with Crippen molar-refractivity contribution < 1.29 is 39.8 Å². The molecule has 0 bridgehead atoms. The molecular formula is C19H32O8. The Morgan fingerprint density at radius 2 is 1.89 bits per heavy atom. The summed E-state index contributed by atoms with van der Waals surface area (Å²) in [4.78, 5) is 11.9. The van der Waals surface area contributed by atoms with Gasteiger partial charge < -0.3 is 35.0 Å². The molecule has 0 spiro atoms. The van der Waals surface area contributed by atoms with Gasteiger partial charge in [-0.05, 0) is 12.8 Å². The van der Waals surface area contributed by atoms with E-state index >= 15 is 0 Å². The number of carbonyl (C=O) groups excluding carboxylic acids is 1. The summed E-state index contributed by atoms with van der Waals surface area (Å²) >= 11 is 0. The van der Waals surface area contributed by atoms with Crippen LogP contribution in [0.2, 0.25) is 0 Å². The summed E-state index contributed by atoms with van der Waals surface area (Å²) in [5.41, 5.74) is -1.84. The van der Waals surface area contributed by atoms with Gasteiger partial charge >= 0.3 is 0 Å². The molecule has 5 N–H and O–H groups in total. The average molecular weight is 388 g/mol. The highest BCUT2D eigenvalue weighted by Gasteiger charge is 2.50. The van der Waals surface area contributed by atoms with Gasteiger partial charge in [0.2, 0.25) is 0 Å². The predicted molar refractivity (Wildman–Crippen MR) is 95.6 cm³/mol. The van der Waals surface area contributed by atoms with Gasteiger partial charge in [-0.3, -0.25) is 4.79 Å². The van der Waals surface area contributed by atoms with E-state index in [4.69, 9.17) is 9.47 Å². The fraction of sp³-hybridized carbons (Fsp3) is 0.842. The highest BCUT2D eigenvalue weighted by Crippen LogP contribution is 2.46. The first-order chi connectivity index (χ1) is 12.4. The van der Waals surface area contributed by atoms with Crippen molar-refractivity contribution in [3.63, 3.8) is 0 Å². The molecule has 1 heterocycles.